The third kappa shape index (κ3) is 4.57. The summed E-state index contributed by atoms with van der Waals surface area (Å²) in [5, 5.41) is 12.1. The summed E-state index contributed by atoms with van der Waals surface area (Å²) in [6.45, 7) is 0. The molecule has 0 bridgehead atoms. The number of carbonyl (C=O) groups is 2. The van der Waals surface area contributed by atoms with Crippen LogP contribution >= 0.6 is 27.7 Å². The van der Waals surface area contributed by atoms with Crippen LogP contribution in [0.4, 0.5) is 5.69 Å². The molecule has 1 aromatic heterocycles. The lowest BCUT2D eigenvalue weighted by atomic mass is 10.3. The molecule has 0 radical (unpaired) electrons. The van der Waals surface area contributed by atoms with E-state index >= 15 is 0 Å². The molecule has 0 aliphatic heterocycles. The van der Waals surface area contributed by atoms with E-state index in [0.717, 1.165) is 16.2 Å². The molecule has 2 aromatic rings. The van der Waals surface area contributed by atoms with Gasteiger partial charge in [-0.2, -0.15) is 0 Å². The van der Waals surface area contributed by atoms with Crippen LogP contribution < -0.4 is 5.32 Å². The van der Waals surface area contributed by atoms with Crippen molar-refractivity contribution in [1.82, 2.24) is 4.98 Å². The number of carbonyl (C=O) groups excluding carboxylic acids is 1. The van der Waals surface area contributed by atoms with Gasteiger partial charge in [0.25, 0.3) is 0 Å². The summed E-state index contributed by atoms with van der Waals surface area (Å²) in [7, 11) is 0. The summed E-state index contributed by atoms with van der Waals surface area (Å²) in [6.07, 6.45) is 1.50. The van der Waals surface area contributed by atoms with Crippen molar-refractivity contribution < 1.29 is 14.7 Å². The maximum absolute atomic E-state index is 11.9. The van der Waals surface area contributed by atoms with Crippen LogP contribution in [0.25, 0.3) is 0 Å². The number of nitrogens with zero attached hydrogens (tertiary/aromatic N) is 1. The normalized spacial score (nSPS) is 10.1. The van der Waals surface area contributed by atoms with Crippen LogP contribution in [0.5, 0.6) is 0 Å². The van der Waals surface area contributed by atoms with Crippen molar-refractivity contribution in [1.29, 1.82) is 0 Å². The van der Waals surface area contributed by atoms with Gasteiger partial charge in [0.2, 0.25) is 5.91 Å². The smallest absolute Gasteiger partial charge is 0.338 e. The van der Waals surface area contributed by atoms with Gasteiger partial charge in [-0.3, -0.25) is 4.79 Å². The van der Waals surface area contributed by atoms with Gasteiger partial charge in [0, 0.05) is 16.4 Å². The third-order valence-corrected chi connectivity index (χ3v) is 3.95. The highest BCUT2D eigenvalue weighted by Gasteiger charge is 2.12. The number of anilines is 1. The predicted octanol–water partition coefficient (Wildman–Crippen LogP) is 3.27. The third-order valence-electron chi connectivity index (χ3n) is 2.45. The molecule has 1 heterocycles. The average Bonchev–Trinajstić information content (AvgIpc) is 2.45. The molecule has 0 unspecified atom stereocenters. The standard InChI is InChI=1S/C14H11BrN2O3S/c15-9-3-1-4-10(7-9)17-12(18)8-21-13-11(14(19)20)5-2-6-16-13/h1-7H,8H2,(H,17,18)(H,19,20). The molecular weight excluding hydrogens is 356 g/mol. The van der Waals surface area contributed by atoms with E-state index in [1.165, 1.54) is 12.3 Å². The van der Waals surface area contributed by atoms with E-state index in [1.54, 1.807) is 18.2 Å². The number of carboxylic acids is 1. The Bertz CT molecular complexity index is 679. The maximum Gasteiger partial charge on any atom is 0.338 e. The number of thioether (sulfide) groups is 1. The average molecular weight is 367 g/mol. The number of hydrogen-bond acceptors (Lipinski definition) is 4. The molecule has 2 rings (SSSR count). The second kappa shape index (κ2) is 7.24. The number of aromatic carboxylic acids is 1. The largest absolute Gasteiger partial charge is 0.478 e. The van der Waals surface area contributed by atoms with Gasteiger partial charge in [-0.15, -0.1) is 0 Å². The Labute approximate surface area is 133 Å². The summed E-state index contributed by atoms with van der Waals surface area (Å²) in [5.74, 6) is -1.19. The van der Waals surface area contributed by atoms with Gasteiger partial charge in [-0.25, -0.2) is 9.78 Å². The molecule has 0 fully saturated rings. The zero-order chi connectivity index (χ0) is 15.2. The van der Waals surface area contributed by atoms with Crippen LogP contribution in [0.1, 0.15) is 10.4 Å². The molecule has 2 N–H and O–H groups in total. The fourth-order valence-corrected chi connectivity index (χ4v) is 2.75. The predicted molar refractivity (Wildman–Crippen MR) is 84.7 cm³/mol. The number of nitrogens with one attached hydrogen (secondary N) is 1. The fourth-order valence-electron chi connectivity index (χ4n) is 1.57. The first kappa shape index (κ1) is 15.5. The maximum atomic E-state index is 11.9. The van der Waals surface area contributed by atoms with Crippen molar-refractivity contribution in [3.05, 3.63) is 52.6 Å². The lowest BCUT2D eigenvalue weighted by Gasteiger charge is -2.06. The van der Waals surface area contributed by atoms with E-state index in [-0.39, 0.29) is 17.2 Å². The molecule has 1 aromatic carbocycles. The van der Waals surface area contributed by atoms with Gasteiger partial charge < -0.3 is 10.4 Å². The van der Waals surface area contributed by atoms with E-state index in [9.17, 15) is 9.59 Å². The van der Waals surface area contributed by atoms with Crippen molar-refractivity contribution in [3.63, 3.8) is 0 Å². The van der Waals surface area contributed by atoms with Gasteiger partial charge in [-0.05, 0) is 30.3 Å². The molecular formula is C14H11BrN2O3S. The Balaban J connectivity index is 1.97. The van der Waals surface area contributed by atoms with E-state index in [1.807, 2.05) is 12.1 Å². The summed E-state index contributed by atoms with van der Waals surface area (Å²) in [4.78, 5) is 26.9. The van der Waals surface area contributed by atoms with Crippen LogP contribution in [-0.4, -0.2) is 27.7 Å². The van der Waals surface area contributed by atoms with Gasteiger partial charge in [0.05, 0.1) is 11.3 Å². The minimum absolute atomic E-state index is 0.0871. The number of amides is 1. The van der Waals surface area contributed by atoms with Crippen molar-refractivity contribution in [2.75, 3.05) is 11.1 Å². The van der Waals surface area contributed by atoms with Gasteiger partial charge in [-0.1, -0.05) is 33.8 Å². The molecule has 0 aliphatic carbocycles. The summed E-state index contributed by atoms with van der Waals surface area (Å²) < 4.78 is 0.867. The highest BCUT2D eigenvalue weighted by atomic mass is 79.9. The minimum Gasteiger partial charge on any atom is -0.478 e. The number of hydrogen-bond donors (Lipinski definition) is 2. The molecule has 0 saturated carbocycles. The molecule has 7 heteroatoms. The van der Waals surface area contributed by atoms with Crippen LogP contribution in [0.3, 0.4) is 0 Å². The van der Waals surface area contributed by atoms with Crippen LogP contribution in [-0.2, 0) is 4.79 Å². The van der Waals surface area contributed by atoms with E-state index in [0.29, 0.717) is 10.7 Å². The van der Waals surface area contributed by atoms with E-state index in [2.05, 4.69) is 26.2 Å². The number of aromatic nitrogens is 1. The first-order chi connectivity index (χ1) is 10.1. The molecule has 0 spiro atoms. The second-order valence-corrected chi connectivity index (χ2v) is 5.89. The summed E-state index contributed by atoms with van der Waals surface area (Å²) in [6, 6.07) is 10.2. The van der Waals surface area contributed by atoms with Crippen molar-refractivity contribution >= 4 is 45.3 Å². The second-order valence-electron chi connectivity index (χ2n) is 4.01. The number of carboxylic acid groups (broad SMARTS) is 1. The number of rotatable bonds is 5. The zero-order valence-corrected chi connectivity index (χ0v) is 13.1. The topological polar surface area (TPSA) is 79.3 Å². The molecule has 0 atom stereocenters. The Hall–Kier alpha value is -1.86. The number of pyridine rings is 1. The van der Waals surface area contributed by atoms with Gasteiger partial charge in [0.15, 0.2) is 0 Å². The quantitative estimate of drug-likeness (QED) is 0.793. The minimum atomic E-state index is -1.06. The SMILES string of the molecule is O=C(CSc1ncccc1C(=O)O)Nc1cccc(Br)c1. The summed E-state index contributed by atoms with van der Waals surface area (Å²) in [5.41, 5.74) is 0.771. The molecule has 0 saturated heterocycles. The fraction of sp³-hybridized carbons (Fsp3) is 0.0714. The van der Waals surface area contributed by atoms with Crippen LogP contribution in [0.15, 0.2) is 52.1 Å². The first-order valence-electron chi connectivity index (χ1n) is 5.93. The Morgan fingerprint density at radius 1 is 1.29 bits per heavy atom. The van der Waals surface area contributed by atoms with E-state index in [4.69, 9.17) is 5.11 Å². The Morgan fingerprint density at radius 3 is 2.81 bits per heavy atom. The van der Waals surface area contributed by atoms with Gasteiger partial charge in [0.1, 0.15) is 5.03 Å². The highest BCUT2D eigenvalue weighted by Crippen LogP contribution is 2.21. The van der Waals surface area contributed by atoms with Crippen molar-refractivity contribution in [3.8, 4) is 0 Å². The number of halogens is 1. The Kier molecular flexibility index (Phi) is 5.35. The molecule has 21 heavy (non-hydrogen) atoms. The highest BCUT2D eigenvalue weighted by molar-refractivity contribution is 9.10. The van der Waals surface area contributed by atoms with Crippen molar-refractivity contribution in [2.45, 2.75) is 5.03 Å². The van der Waals surface area contributed by atoms with Gasteiger partial charge >= 0.3 is 5.97 Å². The summed E-state index contributed by atoms with van der Waals surface area (Å²) >= 11 is 4.41. The first-order valence-corrected chi connectivity index (χ1v) is 7.70. The Morgan fingerprint density at radius 2 is 2.10 bits per heavy atom. The van der Waals surface area contributed by atoms with Crippen molar-refractivity contribution in [2.24, 2.45) is 0 Å². The van der Waals surface area contributed by atoms with Crippen LogP contribution in [0.2, 0.25) is 0 Å². The number of benzene rings is 1. The van der Waals surface area contributed by atoms with Crippen LogP contribution in [0, 0.1) is 0 Å². The lowest BCUT2D eigenvalue weighted by Crippen LogP contribution is -2.14. The lowest BCUT2D eigenvalue weighted by molar-refractivity contribution is -0.113. The molecule has 5 nitrogen and oxygen atoms in total. The zero-order valence-electron chi connectivity index (χ0n) is 10.7. The molecule has 108 valence electrons. The monoisotopic (exact) mass is 366 g/mol. The van der Waals surface area contributed by atoms with E-state index < -0.39 is 5.97 Å². The molecule has 0 aliphatic rings. The molecule has 1 amide bonds.